The van der Waals surface area contributed by atoms with Crippen molar-refractivity contribution in [2.24, 2.45) is 0 Å². The van der Waals surface area contributed by atoms with Gasteiger partial charge in [0.05, 0.1) is 35.2 Å². The van der Waals surface area contributed by atoms with Crippen LogP contribution in [0.3, 0.4) is 0 Å². The van der Waals surface area contributed by atoms with E-state index in [0.717, 1.165) is 12.1 Å². The van der Waals surface area contributed by atoms with Gasteiger partial charge in [0.2, 0.25) is 0 Å². The van der Waals surface area contributed by atoms with Crippen LogP contribution in [-0.4, -0.2) is 24.2 Å². The van der Waals surface area contributed by atoms with Crippen LogP contribution < -0.4 is 15.4 Å². The quantitative estimate of drug-likeness (QED) is 0.253. The molecule has 3 aromatic carbocycles. The molecule has 0 heterocycles. The number of ether oxygens (including phenoxy) is 1. The zero-order chi connectivity index (χ0) is 28.0. The molecule has 0 aliphatic rings. The fourth-order valence-electron chi connectivity index (χ4n) is 4.07. The standard InChI is InChI=1S/C27H25Cl2F3N2O4/c1-3-21(34-26(37)33-14-15-4-10-19(28)20(29)12-15)24-17(13-23(35)36)7-11-22(38-2)25(24)16-5-8-18(9-6-16)27(30,31)32/h4-12,21H,3,13-14H2,1-2H3,(H,35,36)(H2,33,34,37). The third-order valence-electron chi connectivity index (χ3n) is 5.86. The first-order chi connectivity index (χ1) is 17.9. The molecule has 202 valence electrons. The second-order valence-corrected chi connectivity index (χ2v) is 9.21. The lowest BCUT2D eigenvalue weighted by molar-refractivity contribution is -0.138. The Kier molecular flexibility index (Phi) is 9.51. The fourth-order valence-corrected chi connectivity index (χ4v) is 4.39. The summed E-state index contributed by atoms with van der Waals surface area (Å²) >= 11 is 12.0. The summed E-state index contributed by atoms with van der Waals surface area (Å²) in [4.78, 5) is 24.5. The van der Waals surface area contributed by atoms with E-state index in [1.165, 1.54) is 19.2 Å². The van der Waals surface area contributed by atoms with E-state index in [0.29, 0.717) is 50.0 Å². The number of carbonyl (C=O) groups is 2. The maximum atomic E-state index is 13.2. The number of alkyl halides is 3. The van der Waals surface area contributed by atoms with E-state index in [1.807, 2.05) is 0 Å². The summed E-state index contributed by atoms with van der Waals surface area (Å²) in [6.45, 7) is 1.94. The van der Waals surface area contributed by atoms with Crippen molar-refractivity contribution >= 4 is 35.2 Å². The predicted octanol–water partition coefficient (Wildman–Crippen LogP) is 7.27. The number of carbonyl (C=O) groups excluding carboxylic acids is 1. The molecule has 3 aromatic rings. The molecular weight excluding hydrogens is 544 g/mol. The van der Waals surface area contributed by atoms with Gasteiger partial charge >= 0.3 is 18.2 Å². The molecule has 0 radical (unpaired) electrons. The molecule has 11 heteroatoms. The summed E-state index contributed by atoms with van der Waals surface area (Å²) in [6, 6.07) is 11.3. The Morgan fingerprint density at radius 3 is 2.26 bits per heavy atom. The minimum Gasteiger partial charge on any atom is -0.496 e. The average Bonchev–Trinajstić information content (AvgIpc) is 2.87. The molecule has 0 fully saturated rings. The van der Waals surface area contributed by atoms with Gasteiger partial charge in [-0.15, -0.1) is 0 Å². The molecule has 2 amide bonds. The maximum Gasteiger partial charge on any atom is 0.416 e. The van der Waals surface area contributed by atoms with Crippen molar-refractivity contribution in [3.63, 3.8) is 0 Å². The van der Waals surface area contributed by atoms with Gasteiger partial charge < -0.3 is 20.5 Å². The smallest absolute Gasteiger partial charge is 0.416 e. The van der Waals surface area contributed by atoms with E-state index in [4.69, 9.17) is 27.9 Å². The highest BCUT2D eigenvalue weighted by atomic mass is 35.5. The minimum absolute atomic E-state index is 0.144. The van der Waals surface area contributed by atoms with Gasteiger partial charge in [-0.2, -0.15) is 13.2 Å². The summed E-state index contributed by atoms with van der Waals surface area (Å²) in [7, 11) is 1.40. The number of benzene rings is 3. The van der Waals surface area contributed by atoms with E-state index in [9.17, 15) is 27.9 Å². The van der Waals surface area contributed by atoms with Gasteiger partial charge in [-0.1, -0.05) is 54.4 Å². The van der Waals surface area contributed by atoms with Crippen molar-refractivity contribution in [3.05, 3.63) is 86.9 Å². The number of amides is 2. The number of hydrogen-bond donors (Lipinski definition) is 3. The molecule has 1 unspecified atom stereocenters. The van der Waals surface area contributed by atoms with Crippen molar-refractivity contribution < 1.29 is 32.6 Å². The lowest BCUT2D eigenvalue weighted by Crippen LogP contribution is -2.38. The van der Waals surface area contributed by atoms with Crippen LogP contribution >= 0.6 is 23.2 Å². The van der Waals surface area contributed by atoms with Crippen LogP contribution in [0.15, 0.2) is 54.6 Å². The Balaban J connectivity index is 2.00. The summed E-state index contributed by atoms with van der Waals surface area (Å²) in [5, 5.41) is 15.8. The lowest BCUT2D eigenvalue weighted by atomic mass is 9.87. The summed E-state index contributed by atoms with van der Waals surface area (Å²) < 4.78 is 45.0. The van der Waals surface area contributed by atoms with Crippen LogP contribution in [0.4, 0.5) is 18.0 Å². The lowest BCUT2D eigenvalue weighted by Gasteiger charge is -2.26. The minimum atomic E-state index is -4.52. The first kappa shape index (κ1) is 29.1. The number of carboxylic acid groups (broad SMARTS) is 1. The van der Waals surface area contributed by atoms with Crippen molar-refractivity contribution in [1.29, 1.82) is 0 Å². The maximum absolute atomic E-state index is 13.2. The summed E-state index contributed by atoms with van der Waals surface area (Å²) in [5.74, 6) is -0.779. The highest BCUT2D eigenvalue weighted by Crippen LogP contribution is 2.41. The third kappa shape index (κ3) is 7.11. The van der Waals surface area contributed by atoms with Gasteiger partial charge in [0.25, 0.3) is 0 Å². The molecule has 0 aliphatic carbocycles. The van der Waals surface area contributed by atoms with Crippen LogP contribution in [-0.2, 0) is 23.9 Å². The van der Waals surface area contributed by atoms with E-state index in [-0.39, 0.29) is 13.0 Å². The summed E-state index contributed by atoms with van der Waals surface area (Å²) in [6.07, 6.45) is -4.53. The normalized spacial score (nSPS) is 12.1. The number of rotatable bonds is 9. The first-order valence-electron chi connectivity index (χ1n) is 11.5. The average molecular weight is 569 g/mol. The highest BCUT2D eigenvalue weighted by Gasteiger charge is 2.31. The van der Waals surface area contributed by atoms with Crippen molar-refractivity contribution in [2.75, 3.05) is 7.11 Å². The van der Waals surface area contributed by atoms with Gasteiger partial charge in [-0.3, -0.25) is 4.79 Å². The molecule has 3 N–H and O–H groups in total. The largest absolute Gasteiger partial charge is 0.496 e. The Labute approximate surface area is 227 Å². The third-order valence-corrected chi connectivity index (χ3v) is 6.60. The second kappa shape index (κ2) is 12.4. The number of aliphatic carboxylic acids is 1. The Bertz CT molecular complexity index is 1310. The number of methoxy groups -OCH3 is 1. The second-order valence-electron chi connectivity index (χ2n) is 8.40. The van der Waals surface area contributed by atoms with Crippen molar-refractivity contribution in [2.45, 2.75) is 38.5 Å². The van der Waals surface area contributed by atoms with Crippen LogP contribution in [0.5, 0.6) is 5.75 Å². The topological polar surface area (TPSA) is 87.7 Å². The monoisotopic (exact) mass is 568 g/mol. The van der Waals surface area contributed by atoms with Crippen molar-refractivity contribution in [3.8, 4) is 16.9 Å². The van der Waals surface area contributed by atoms with Crippen LogP contribution in [0, 0.1) is 0 Å². The van der Waals surface area contributed by atoms with Crippen LogP contribution in [0.1, 0.15) is 41.6 Å². The zero-order valence-corrected chi connectivity index (χ0v) is 22.0. The molecule has 38 heavy (non-hydrogen) atoms. The highest BCUT2D eigenvalue weighted by molar-refractivity contribution is 6.42. The Morgan fingerprint density at radius 1 is 1.03 bits per heavy atom. The molecule has 0 saturated heterocycles. The molecule has 0 aromatic heterocycles. The zero-order valence-electron chi connectivity index (χ0n) is 20.5. The Morgan fingerprint density at radius 2 is 1.71 bits per heavy atom. The van der Waals surface area contributed by atoms with Gasteiger partial charge in [0.15, 0.2) is 0 Å². The van der Waals surface area contributed by atoms with Gasteiger partial charge in [-0.25, -0.2) is 4.79 Å². The number of carboxylic acids is 1. The summed E-state index contributed by atoms with van der Waals surface area (Å²) in [5.41, 5.74) is 1.50. The molecule has 0 aliphatic heterocycles. The SMILES string of the molecule is CCC(NC(=O)NCc1ccc(Cl)c(Cl)c1)c1c(CC(=O)O)ccc(OC)c1-c1ccc(C(F)(F)F)cc1. The number of nitrogens with one attached hydrogen (secondary N) is 2. The van der Waals surface area contributed by atoms with E-state index in [2.05, 4.69) is 10.6 Å². The first-order valence-corrected chi connectivity index (χ1v) is 12.3. The number of hydrogen-bond acceptors (Lipinski definition) is 3. The van der Waals surface area contributed by atoms with Crippen LogP contribution in [0.25, 0.3) is 11.1 Å². The molecular formula is C27H25Cl2F3N2O4. The Hall–Kier alpha value is -3.43. The molecule has 1 atom stereocenters. The molecule has 0 saturated carbocycles. The van der Waals surface area contributed by atoms with Gasteiger partial charge in [0, 0.05) is 12.1 Å². The van der Waals surface area contributed by atoms with Gasteiger partial charge in [-0.05, 0) is 59.0 Å². The van der Waals surface area contributed by atoms with E-state index in [1.54, 1.807) is 37.3 Å². The van der Waals surface area contributed by atoms with Gasteiger partial charge in [0.1, 0.15) is 5.75 Å². The number of halogens is 5. The van der Waals surface area contributed by atoms with E-state index < -0.39 is 29.8 Å². The molecule has 0 spiro atoms. The van der Waals surface area contributed by atoms with E-state index >= 15 is 0 Å². The molecule has 0 bridgehead atoms. The van der Waals surface area contributed by atoms with Crippen molar-refractivity contribution in [1.82, 2.24) is 10.6 Å². The molecule has 3 rings (SSSR count). The predicted molar refractivity (Wildman–Crippen MR) is 140 cm³/mol. The van der Waals surface area contributed by atoms with Crippen LogP contribution in [0.2, 0.25) is 10.0 Å². The molecule has 6 nitrogen and oxygen atoms in total. The number of urea groups is 1. The fraction of sp³-hybridized carbons (Fsp3) is 0.259.